The molecule has 2 heterocycles. The molecule has 0 saturated heterocycles. The monoisotopic (exact) mass is 515 g/mol. The molecule has 2 atom stereocenters. The molecule has 0 unspecified atom stereocenters. The highest BCUT2D eigenvalue weighted by Crippen LogP contribution is 2.45. The molecule has 5 rings (SSSR count). The van der Waals surface area contributed by atoms with E-state index in [0.717, 1.165) is 47.4 Å². The largest absolute Gasteiger partial charge is 0.497 e. The number of hydrazone groups is 1. The van der Waals surface area contributed by atoms with E-state index in [9.17, 15) is 14.9 Å². The van der Waals surface area contributed by atoms with Gasteiger partial charge in [-0.2, -0.15) is 10.2 Å². The minimum absolute atomic E-state index is 0.0575. The van der Waals surface area contributed by atoms with E-state index in [4.69, 9.17) is 14.6 Å². The average molecular weight is 516 g/mol. The van der Waals surface area contributed by atoms with Crippen LogP contribution in [0.3, 0.4) is 0 Å². The summed E-state index contributed by atoms with van der Waals surface area (Å²) in [6, 6.07) is 14.9. The molecule has 1 fully saturated rings. The van der Waals surface area contributed by atoms with E-state index in [-0.39, 0.29) is 17.3 Å². The van der Waals surface area contributed by atoms with Gasteiger partial charge in [-0.05, 0) is 73.2 Å². The second-order valence-electron chi connectivity index (χ2n) is 9.27. The summed E-state index contributed by atoms with van der Waals surface area (Å²) in [6.07, 6.45) is 5.98. The molecule has 2 aliphatic rings. The number of aryl methyl sites for hydroxylation is 1. The van der Waals surface area contributed by atoms with E-state index in [2.05, 4.69) is 11.2 Å². The molecule has 10 heteroatoms. The van der Waals surface area contributed by atoms with Crippen LogP contribution in [0.2, 0.25) is 0 Å². The normalized spacial score (nSPS) is 19.7. The number of hydrogen-bond donors (Lipinski definition) is 0. The Morgan fingerprint density at radius 1 is 1.11 bits per heavy atom. The maximum absolute atomic E-state index is 13.9. The van der Waals surface area contributed by atoms with Crippen molar-refractivity contribution in [3.05, 3.63) is 87.2 Å². The minimum Gasteiger partial charge on any atom is -0.497 e. The van der Waals surface area contributed by atoms with Gasteiger partial charge < -0.3 is 9.47 Å². The van der Waals surface area contributed by atoms with Gasteiger partial charge in [0.1, 0.15) is 17.7 Å². The second kappa shape index (κ2) is 10.5. The molecule has 2 aromatic carbocycles. The van der Waals surface area contributed by atoms with Crippen molar-refractivity contribution in [1.82, 2.24) is 14.8 Å². The first-order valence-electron chi connectivity index (χ1n) is 12.6. The van der Waals surface area contributed by atoms with E-state index < -0.39 is 16.9 Å². The minimum atomic E-state index is -0.588. The van der Waals surface area contributed by atoms with Crippen LogP contribution in [0.1, 0.15) is 53.8 Å². The lowest BCUT2D eigenvalue weighted by molar-refractivity contribution is -0.385. The molecule has 1 aliphatic heterocycles. The predicted molar refractivity (Wildman–Crippen MR) is 142 cm³/mol. The molecule has 196 valence electrons. The number of ether oxygens (including phenoxy) is 2. The molecule has 0 bridgehead atoms. The average Bonchev–Trinajstić information content (AvgIpc) is 3.56. The number of benzene rings is 2. The van der Waals surface area contributed by atoms with Crippen LogP contribution in [-0.2, 0) is 6.54 Å². The second-order valence-corrected chi connectivity index (χ2v) is 9.27. The van der Waals surface area contributed by atoms with Crippen LogP contribution < -0.4 is 9.47 Å². The molecule has 1 aromatic heterocycles. The summed E-state index contributed by atoms with van der Waals surface area (Å²) >= 11 is 0. The molecule has 1 saturated carbocycles. The van der Waals surface area contributed by atoms with E-state index in [1.54, 1.807) is 14.2 Å². The zero-order chi connectivity index (χ0) is 26.8. The number of nitrogens with zero attached hydrogens (tertiary/aromatic N) is 5. The third-order valence-electron chi connectivity index (χ3n) is 7.09. The summed E-state index contributed by atoms with van der Waals surface area (Å²) in [5, 5.41) is 22.2. The first-order chi connectivity index (χ1) is 18.4. The van der Waals surface area contributed by atoms with Gasteiger partial charge >= 0.3 is 11.6 Å². The standard InChI is InChI=1S/C28H29N5O5/c1-4-31-17-24(33(35)36)26(29-31)28(34)32-27(19-10-14-22(38-3)15-11-19)23-7-5-6-20(25(23)30-32)16-18-8-12-21(37-2)13-9-18/h8-17,23,27H,4-7H2,1-3H3/b20-16-/t23-,27-/m0/s1. The first-order valence-corrected chi connectivity index (χ1v) is 12.6. The van der Waals surface area contributed by atoms with Crippen molar-refractivity contribution in [2.75, 3.05) is 14.2 Å². The lowest BCUT2D eigenvalue weighted by Crippen LogP contribution is -2.32. The molecule has 0 radical (unpaired) electrons. The Hall–Kier alpha value is -4.47. The van der Waals surface area contributed by atoms with Crippen molar-refractivity contribution >= 4 is 23.4 Å². The van der Waals surface area contributed by atoms with Crippen LogP contribution in [0, 0.1) is 16.0 Å². The van der Waals surface area contributed by atoms with Gasteiger partial charge in [0.05, 0.1) is 30.9 Å². The molecular formula is C28H29N5O5. The van der Waals surface area contributed by atoms with Crippen LogP contribution in [0.15, 0.2) is 65.4 Å². The van der Waals surface area contributed by atoms with Crippen molar-refractivity contribution in [2.45, 2.75) is 38.8 Å². The number of carbonyl (C=O) groups excluding carboxylic acids is 1. The first kappa shape index (κ1) is 25.2. The Bertz CT molecular complexity index is 1410. The SMILES string of the molecule is CCn1cc([N+](=O)[O-])c(C(=O)N2N=C3/C(=C\c4ccc(OC)cc4)CCC[C@@H]3[C@@H]2c2ccc(OC)cc2)n1. The summed E-state index contributed by atoms with van der Waals surface area (Å²) < 4.78 is 12.0. The van der Waals surface area contributed by atoms with Crippen molar-refractivity contribution < 1.29 is 19.2 Å². The fourth-order valence-corrected chi connectivity index (χ4v) is 5.17. The van der Waals surface area contributed by atoms with Gasteiger partial charge in [-0.25, -0.2) is 5.01 Å². The molecule has 38 heavy (non-hydrogen) atoms. The summed E-state index contributed by atoms with van der Waals surface area (Å²) in [4.78, 5) is 25.1. The zero-order valence-corrected chi connectivity index (χ0v) is 21.5. The smallest absolute Gasteiger partial charge is 0.320 e. The molecule has 1 amide bonds. The highest BCUT2D eigenvalue weighted by atomic mass is 16.6. The Morgan fingerprint density at radius 3 is 2.37 bits per heavy atom. The number of fused-ring (bicyclic) bond motifs is 1. The molecular weight excluding hydrogens is 486 g/mol. The van der Waals surface area contributed by atoms with Gasteiger partial charge in [0.2, 0.25) is 5.69 Å². The highest BCUT2D eigenvalue weighted by molar-refractivity contribution is 6.09. The Morgan fingerprint density at radius 2 is 1.76 bits per heavy atom. The number of amides is 1. The number of carbonyl (C=O) groups is 1. The number of nitro groups is 1. The highest BCUT2D eigenvalue weighted by Gasteiger charge is 2.45. The van der Waals surface area contributed by atoms with E-state index in [1.165, 1.54) is 15.9 Å². The molecule has 1 aliphatic carbocycles. The maximum atomic E-state index is 13.9. The van der Waals surface area contributed by atoms with Crippen molar-refractivity contribution in [2.24, 2.45) is 11.0 Å². The lowest BCUT2D eigenvalue weighted by atomic mass is 9.77. The summed E-state index contributed by atoms with van der Waals surface area (Å²) in [5.74, 6) is 0.830. The predicted octanol–water partition coefficient (Wildman–Crippen LogP) is 5.27. The maximum Gasteiger partial charge on any atom is 0.320 e. The number of hydrogen-bond acceptors (Lipinski definition) is 7. The zero-order valence-electron chi connectivity index (χ0n) is 21.5. The van der Waals surface area contributed by atoms with Crippen LogP contribution in [0.25, 0.3) is 6.08 Å². The number of allylic oxidation sites excluding steroid dienone is 1. The van der Waals surface area contributed by atoms with Gasteiger partial charge in [-0.1, -0.05) is 24.3 Å². The van der Waals surface area contributed by atoms with Crippen LogP contribution >= 0.6 is 0 Å². The lowest BCUT2D eigenvalue weighted by Gasteiger charge is -2.29. The van der Waals surface area contributed by atoms with Gasteiger partial charge in [0.15, 0.2) is 0 Å². The molecule has 0 N–H and O–H groups in total. The van der Waals surface area contributed by atoms with E-state index in [0.29, 0.717) is 12.3 Å². The Kier molecular flexibility index (Phi) is 6.95. The summed E-state index contributed by atoms with van der Waals surface area (Å²) in [5.41, 5.74) is 3.24. The third-order valence-corrected chi connectivity index (χ3v) is 7.09. The fraction of sp³-hybridized carbons (Fsp3) is 0.321. The summed E-state index contributed by atoms with van der Waals surface area (Å²) in [6.45, 7) is 2.22. The number of rotatable bonds is 7. The third kappa shape index (κ3) is 4.65. The summed E-state index contributed by atoms with van der Waals surface area (Å²) in [7, 11) is 3.23. The van der Waals surface area contributed by atoms with Gasteiger partial charge in [-0.3, -0.25) is 19.6 Å². The van der Waals surface area contributed by atoms with Crippen LogP contribution in [-0.4, -0.2) is 45.6 Å². The van der Waals surface area contributed by atoms with Crippen LogP contribution in [0.5, 0.6) is 11.5 Å². The van der Waals surface area contributed by atoms with Crippen molar-refractivity contribution in [1.29, 1.82) is 0 Å². The molecule has 10 nitrogen and oxygen atoms in total. The molecule has 3 aromatic rings. The Labute approximate surface area is 220 Å². The van der Waals surface area contributed by atoms with Crippen molar-refractivity contribution in [3.63, 3.8) is 0 Å². The Balaban J connectivity index is 1.59. The quantitative estimate of drug-likeness (QED) is 0.313. The van der Waals surface area contributed by atoms with Gasteiger partial charge in [0, 0.05) is 12.5 Å². The van der Waals surface area contributed by atoms with Crippen molar-refractivity contribution in [3.8, 4) is 11.5 Å². The topological polar surface area (TPSA) is 112 Å². The molecule has 0 spiro atoms. The van der Waals surface area contributed by atoms with E-state index >= 15 is 0 Å². The van der Waals surface area contributed by atoms with E-state index in [1.807, 2.05) is 55.5 Å². The van der Waals surface area contributed by atoms with Gasteiger partial charge in [-0.15, -0.1) is 0 Å². The fourth-order valence-electron chi connectivity index (χ4n) is 5.17. The number of aromatic nitrogens is 2. The van der Waals surface area contributed by atoms with Crippen LogP contribution in [0.4, 0.5) is 5.69 Å². The van der Waals surface area contributed by atoms with Gasteiger partial charge in [0.25, 0.3) is 0 Å². The number of methoxy groups -OCH3 is 2.